The van der Waals surface area contributed by atoms with Crippen molar-refractivity contribution in [2.75, 3.05) is 0 Å². The average Bonchev–Trinajstić information content (AvgIpc) is 3.10. The monoisotopic (exact) mass is 329 g/mol. The summed E-state index contributed by atoms with van der Waals surface area (Å²) in [7, 11) is 0. The Kier molecular flexibility index (Phi) is 4.12. The maximum absolute atomic E-state index is 11.6. The number of nitrogens with zero attached hydrogens (tertiary/aromatic N) is 3. The van der Waals surface area contributed by atoms with Gasteiger partial charge in [0.15, 0.2) is 5.82 Å². The number of H-pyrrole nitrogens is 1. The zero-order valence-electron chi connectivity index (χ0n) is 11.5. The summed E-state index contributed by atoms with van der Waals surface area (Å²) >= 11 is 6.24. The molecule has 0 spiro atoms. The van der Waals surface area contributed by atoms with E-state index in [1.54, 1.807) is 0 Å². The molecule has 0 aliphatic carbocycles. The Morgan fingerprint density at radius 2 is 2.09 bits per heavy atom. The van der Waals surface area contributed by atoms with Crippen molar-refractivity contribution in [2.45, 2.75) is 6.92 Å². The summed E-state index contributed by atoms with van der Waals surface area (Å²) in [6.45, 7) is 1.94. The van der Waals surface area contributed by atoms with Gasteiger partial charge in [0.25, 0.3) is 5.91 Å². The van der Waals surface area contributed by atoms with Crippen LogP contribution in [0.4, 0.5) is 0 Å². The zero-order chi connectivity index (χ0) is 15.5. The molecule has 0 saturated carbocycles. The van der Waals surface area contributed by atoms with Gasteiger partial charge in [0.2, 0.25) is 0 Å². The van der Waals surface area contributed by atoms with E-state index in [9.17, 15) is 4.79 Å². The van der Waals surface area contributed by atoms with Crippen molar-refractivity contribution < 1.29 is 4.79 Å². The molecule has 2 heterocycles. The highest BCUT2D eigenvalue weighted by Crippen LogP contribution is 2.25. The Hall–Kier alpha value is -2.32. The number of aromatic amines is 1. The number of hydrogen-bond donors (Lipinski definition) is 2. The second-order valence-electron chi connectivity index (χ2n) is 4.61. The maximum atomic E-state index is 11.6. The summed E-state index contributed by atoms with van der Waals surface area (Å²) in [5.74, 6) is 0.484. The van der Waals surface area contributed by atoms with Gasteiger partial charge in [-0.1, -0.05) is 54.3 Å². The number of allylic oxidation sites excluding steroid dienone is 2. The molecule has 1 saturated heterocycles. The van der Waals surface area contributed by atoms with E-state index in [1.807, 2.05) is 43.3 Å². The predicted molar refractivity (Wildman–Crippen MR) is 89.7 cm³/mol. The summed E-state index contributed by atoms with van der Waals surface area (Å²) in [4.78, 5) is 12.2. The number of thiocarbonyl (C=S) groups is 1. The standard InChI is InChI=1S/C14H11N5OS2/c1-8(7-11-13(20)15-14(21)22-11)6-9-2-4-10(5-3-9)12-16-18-19-17-12/h2-7H,1H3,(H,15,20,21)(H,16,17,18,19). The highest BCUT2D eigenvalue weighted by molar-refractivity contribution is 8.26. The number of aromatic nitrogens is 4. The Morgan fingerprint density at radius 3 is 2.68 bits per heavy atom. The number of hydrogen-bond acceptors (Lipinski definition) is 6. The highest BCUT2D eigenvalue weighted by Gasteiger charge is 2.21. The molecular weight excluding hydrogens is 318 g/mol. The SMILES string of the molecule is CC(=Cc1ccc(-c2nnn[nH]2)cc1)C=C1SC(=S)NC1=O. The van der Waals surface area contributed by atoms with Gasteiger partial charge in [0.05, 0.1) is 4.91 Å². The molecule has 0 atom stereocenters. The Bertz CT molecular complexity index is 778. The molecule has 110 valence electrons. The van der Waals surface area contributed by atoms with Crippen LogP contribution in [-0.4, -0.2) is 30.9 Å². The van der Waals surface area contributed by atoms with E-state index in [4.69, 9.17) is 12.2 Å². The topological polar surface area (TPSA) is 83.6 Å². The normalized spacial score (nSPS) is 17.1. The van der Waals surface area contributed by atoms with Crippen molar-refractivity contribution in [3.63, 3.8) is 0 Å². The zero-order valence-corrected chi connectivity index (χ0v) is 13.2. The molecule has 0 unspecified atom stereocenters. The minimum Gasteiger partial charge on any atom is -0.307 e. The molecule has 1 amide bonds. The lowest BCUT2D eigenvalue weighted by Gasteiger charge is -1.99. The molecular formula is C14H11N5OS2. The van der Waals surface area contributed by atoms with Crippen molar-refractivity contribution in [1.82, 2.24) is 25.9 Å². The number of nitrogens with one attached hydrogen (secondary N) is 2. The van der Waals surface area contributed by atoms with Crippen LogP contribution in [0.2, 0.25) is 0 Å². The van der Waals surface area contributed by atoms with Gasteiger partial charge >= 0.3 is 0 Å². The third kappa shape index (κ3) is 3.29. The van der Waals surface area contributed by atoms with Crippen LogP contribution in [0.3, 0.4) is 0 Å². The second-order valence-corrected chi connectivity index (χ2v) is 6.33. The molecule has 6 nitrogen and oxygen atoms in total. The van der Waals surface area contributed by atoms with E-state index in [1.165, 1.54) is 11.8 Å². The molecule has 22 heavy (non-hydrogen) atoms. The molecule has 8 heteroatoms. The summed E-state index contributed by atoms with van der Waals surface area (Å²) in [5.41, 5.74) is 2.90. The van der Waals surface area contributed by atoms with Crippen LogP contribution in [0.5, 0.6) is 0 Å². The summed E-state index contributed by atoms with van der Waals surface area (Å²) < 4.78 is 0.495. The molecule has 1 aliphatic rings. The lowest BCUT2D eigenvalue weighted by Crippen LogP contribution is -2.17. The quantitative estimate of drug-likeness (QED) is 0.664. The third-order valence-corrected chi connectivity index (χ3v) is 4.09. The number of tetrazole rings is 1. The molecule has 2 aromatic rings. The molecule has 1 aliphatic heterocycles. The molecule has 2 N–H and O–H groups in total. The predicted octanol–water partition coefficient (Wildman–Crippen LogP) is 2.30. The average molecular weight is 329 g/mol. The number of benzene rings is 1. The van der Waals surface area contributed by atoms with Crippen LogP contribution < -0.4 is 5.32 Å². The summed E-state index contributed by atoms with van der Waals surface area (Å²) in [6, 6.07) is 7.79. The van der Waals surface area contributed by atoms with E-state index in [0.29, 0.717) is 15.1 Å². The van der Waals surface area contributed by atoms with E-state index >= 15 is 0 Å². The van der Waals surface area contributed by atoms with Gasteiger partial charge in [-0.05, 0) is 34.6 Å². The highest BCUT2D eigenvalue weighted by atomic mass is 32.2. The van der Waals surface area contributed by atoms with E-state index in [2.05, 4.69) is 25.9 Å². The lowest BCUT2D eigenvalue weighted by molar-refractivity contribution is -0.115. The molecule has 3 rings (SSSR count). The minimum atomic E-state index is -0.143. The summed E-state index contributed by atoms with van der Waals surface area (Å²) in [5, 5.41) is 16.3. The fraction of sp³-hybridized carbons (Fsp3) is 0.0714. The first-order valence-electron chi connectivity index (χ1n) is 6.39. The molecule has 1 aromatic heterocycles. The largest absolute Gasteiger partial charge is 0.307 e. The van der Waals surface area contributed by atoms with Crippen LogP contribution in [0.15, 0.2) is 40.8 Å². The van der Waals surface area contributed by atoms with Gasteiger partial charge in [0.1, 0.15) is 4.32 Å². The van der Waals surface area contributed by atoms with Crippen LogP contribution in [0, 0.1) is 0 Å². The fourth-order valence-electron chi connectivity index (χ4n) is 1.95. The Balaban J connectivity index is 1.78. The molecule has 1 fully saturated rings. The van der Waals surface area contributed by atoms with Crippen LogP contribution in [-0.2, 0) is 4.79 Å². The van der Waals surface area contributed by atoms with E-state index in [0.717, 1.165) is 16.7 Å². The molecule has 1 aromatic carbocycles. The first kappa shape index (κ1) is 14.6. The van der Waals surface area contributed by atoms with Crippen molar-refractivity contribution >= 4 is 40.3 Å². The first-order chi connectivity index (χ1) is 10.6. The van der Waals surface area contributed by atoms with Crippen molar-refractivity contribution in [3.8, 4) is 11.4 Å². The number of rotatable bonds is 3. The number of carbonyl (C=O) groups excluding carboxylic acids is 1. The maximum Gasteiger partial charge on any atom is 0.263 e. The van der Waals surface area contributed by atoms with E-state index in [-0.39, 0.29) is 5.91 Å². The van der Waals surface area contributed by atoms with Crippen LogP contribution in [0.25, 0.3) is 17.5 Å². The third-order valence-electron chi connectivity index (χ3n) is 2.92. The van der Waals surface area contributed by atoms with Gasteiger partial charge in [0, 0.05) is 5.56 Å². The van der Waals surface area contributed by atoms with Crippen LogP contribution in [0.1, 0.15) is 12.5 Å². The fourth-order valence-corrected chi connectivity index (χ4v) is 3.05. The smallest absolute Gasteiger partial charge is 0.263 e. The van der Waals surface area contributed by atoms with Crippen molar-refractivity contribution in [3.05, 3.63) is 46.4 Å². The van der Waals surface area contributed by atoms with E-state index < -0.39 is 0 Å². The van der Waals surface area contributed by atoms with Gasteiger partial charge < -0.3 is 5.32 Å². The van der Waals surface area contributed by atoms with Gasteiger partial charge in [-0.25, -0.2) is 5.10 Å². The van der Waals surface area contributed by atoms with Crippen LogP contribution >= 0.6 is 24.0 Å². The van der Waals surface area contributed by atoms with Gasteiger partial charge in [-0.2, -0.15) is 0 Å². The second kappa shape index (κ2) is 6.20. The Labute approximate surface area is 136 Å². The first-order valence-corrected chi connectivity index (χ1v) is 7.61. The number of carbonyl (C=O) groups is 1. The van der Waals surface area contributed by atoms with Gasteiger partial charge in [-0.15, -0.1) is 5.10 Å². The Morgan fingerprint density at radius 1 is 1.32 bits per heavy atom. The van der Waals surface area contributed by atoms with Crippen molar-refractivity contribution in [1.29, 1.82) is 0 Å². The number of amides is 1. The molecule has 0 radical (unpaired) electrons. The lowest BCUT2D eigenvalue weighted by atomic mass is 10.1. The van der Waals surface area contributed by atoms with Gasteiger partial charge in [-0.3, -0.25) is 4.79 Å². The number of thioether (sulfide) groups is 1. The molecule has 0 bridgehead atoms. The summed E-state index contributed by atoms with van der Waals surface area (Å²) in [6.07, 6.45) is 3.82. The minimum absolute atomic E-state index is 0.143. The van der Waals surface area contributed by atoms with Crippen molar-refractivity contribution in [2.24, 2.45) is 0 Å².